The Balaban J connectivity index is 0.000000575. The van der Waals surface area contributed by atoms with Crippen LogP contribution in [0.4, 0.5) is 5.69 Å². The van der Waals surface area contributed by atoms with Gasteiger partial charge < -0.3 is 10.6 Å². The average molecular weight is 446 g/mol. The molecule has 162 valence electrons. The first-order chi connectivity index (χ1) is 14.3. The molecular formula is C25H33Cl2N3. The van der Waals surface area contributed by atoms with Crippen LogP contribution in [0.25, 0.3) is 0 Å². The molecule has 1 heterocycles. The molecule has 1 aliphatic heterocycles. The summed E-state index contributed by atoms with van der Waals surface area (Å²) in [5.74, 6) is 1.30. The number of anilines is 1. The average Bonchev–Trinajstić information content (AvgIpc) is 2.67. The van der Waals surface area contributed by atoms with Gasteiger partial charge in [0.2, 0.25) is 0 Å². The van der Waals surface area contributed by atoms with Gasteiger partial charge in [0.05, 0.1) is 0 Å². The monoisotopic (exact) mass is 445 g/mol. The molecule has 2 N–H and O–H groups in total. The Labute approximate surface area is 191 Å². The zero-order valence-corrected chi connectivity index (χ0v) is 20.1. The van der Waals surface area contributed by atoms with Gasteiger partial charge in [-0.15, -0.1) is 0 Å². The molecule has 30 heavy (non-hydrogen) atoms. The predicted molar refractivity (Wildman–Crippen MR) is 133 cm³/mol. The number of nitrogens with one attached hydrogen (secondary N) is 2. The van der Waals surface area contributed by atoms with E-state index in [1.54, 1.807) is 6.07 Å². The maximum atomic E-state index is 6.16. The summed E-state index contributed by atoms with van der Waals surface area (Å²) in [5, 5.41) is 8.09. The van der Waals surface area contributed by atoms with Crippen molar-refractivity contribution in [2.45, 2.75) is 60.0 Å². The minimum absolute atomic E-state index is 0.250. The van der Waals surface area contributed by atoms with Crippen molar-refractivity contribution >= 4 is 34.7 Å². The van der Waals surface area contributed by atoms with E-state index in [-0.39, 0.29) is 6.17 Å². The standard InChI is InChI=1S/C20H21Cl2N3.C5H12/c1-12(2)8-13(3)23-20-17-6-4-5-7-18(17)24-19(25-20)14-9-15(21)11-16(22)10-14;1-3-5-4-2/h4-12,19,24H,1-3H3,(H,23,25);3-5H2,1-2H3/b13-8+;. The zero-order chi connectivity index (χ0) is 22.1. The van der Waals surface area contributed by atoms with Crippen LogP contribution < -0.4 is 10.6 Å². The number of hydrogen-bond acceptors (Lipinski definition) is 3. The van der Waals surface area contributed by atoms with Gasteiger partial charge in [-0.3, -0.25) is 0 Å². The van der Waals surface area contributed by atoms with Gasteiger partial charge in [0, 0.05) is 27.0 Å². The smallest absolute Gasteiger partial charge is 0.147 e. The fraction of sp³-hybridized carbons (Fsp3) is 0.400. The molecule has 0 aliphatic carbocycles. The quantitative estimate of drug-likeness (QED) is 0.485. The molecule has 1 aliphatic rings. The molecule has 0 fully saturated rings. The number of amidine groups is 1. The highest BCUT2D eigenvalue weighted by Gasteiger charge is 2.22. The number of aliphatic imine (C=N–C) groups is 1. The molecule has 2 aromatic carbocycles. The van der Waals surface area contributed by atoms with E-state index in [4.69, 9.17) is 28.2 Å². The fourth-order valence-electron chi connectivity index (χ4n) is 3.27. The molecule has 0 saturated heterocycles. The molecule has 0 bridgehead atoms. The number of benzene rings is 2. The van der Waals surface area contributed by atoms with Crippen LogP contribution in [0, 0.1) is 5.92 Å². The predicted octanol–water partition coefficient (Wildman–Crippen LogP) is 8.21. The van der Waals surface area contributed by atoms with E-state index in [2.05, 4.69) is 57.4 Å². The van der Waals surface area contributed by atoms with Crippen molar-refractivity contribution in [3.8, 4) is 0 Å². The summed E-state index contributed by atoms with van der Waals surface area (Å²) in [6, 6.07) is 13.6. The van der Waals surface area contributed by atoms with Gasteiger partial charge in [-0.2, -0.15) is 0 Å². The lowest BCUT2D eigenvalue weighted by Crippen LogP contribution is -2.30. The number of para-hydroxylation sites is 1. The number of unbranched alkanes of at least 4 members (excludes halogenated alkanes) is 2. The van der Waals surface area contributed by atoms with Gasteiger partial charge in [0.15, 0.2) is 0 Å². The van der Waals surface area contributed by atoms with Gasteiger partial charge in [0.25, 0.3) is 0 Å². The molecule has 0 spiro atoms. The van der Waals surface area contributed by atoms with Crippen LogP contribution in [0.5, 0.6) is 0 Å². The topological polar surface area (TPSA) is 36.4 Å². The Morgan fingerprint density at radius 3 is 2.30 bits per heavy atom. The van der Waals surface area contributed by atoms with Crippen LogP contribution in [0.15, 0.2) is 59.2 Å². The van der Waals surface area contributed by atoms with E-state index in [0.717, 1.165) is 28.3 Å². The van der Waals surface area contributed by atoms with Crippen LogP contribution in [0.1, 0.15) is 71.2 Å². The third-order valence-corrected chi connectivity index (χ3v) is 4.98. The Bertz CT molecular complexity index is 865. The van der Waals surface area contributed by atoms with Crippen molar-refractivity contribution in [2.24, 2.45) is 10.9 Å². The fourth-order valence-corrected chi connectivity index (χ4v) is 3.81. The summed E-state index contributed by atoms with van der Waals surface area (Å²) < 4.78 is 0. The first kappa shape index (κ1) is 24.3. The second-order valence-electron chi connectivity index (χ2n) is 7.85. The third-order valence-electron chi connectivity index (χ3n) is 4.54. The number of rotatable bonds is 5. The summed E-state index contributed by atoms with van der Waals surface area (Å²) in [7, 11) is 0. The van der Waals surface area contributed by atoms with Crippen LogP contribution in [-0.4, -0.2) is 5.84 Å². The van der Waals surface area contributed by atoms with Crippen LogP contribution in [0.3, 0.4) is 0 Å². The lowest BCUT2D eigenvalue weighted by molar-refractivity contribution is 0.772. The number of allylic oxidation sites excluding steroid dienone is 2. The van der Waals surface area contributed by atoms with E-state index in [1.807, 2.05) is 30.3 Å². The Hall–Kier alpha value is -1.97. The second-order valence-corrected chi connectivity index (χ2v) is 8.72. The zero-order valence-electron chi connectivity index (χ0n) is 18.6. The minimum atomic E-state index is -0.250. The molecular weight excluding hydrogens is 413 g/mol. The van der Waals surface area contributed by atoms with Crippen molar-refractivity contribution in [1.82, 2.24) is 5.32 Å². The van der Waals surface area contributed by atoms with Gasteiger partial charge in [0.1, 0.15) is 12.0 Å². The first-order valence-electron chi connectivity index (χ1n) is 10.7. The van der Waals surface area contributed by atoms with Crippen molar-refractivity contribution < 1.29 is 0 Å². The molecule has 3 nitrogen and oxygen atoms in total. The molecule has 1 atom stereocenters. The number of hydrogen-bond donors (Lipinski definition) is 2. The number of halogens is 2. The minimum Gasteiger partial charge on any atom is -0.359 e. The van der Waals surface area contributed by atoms with E-state index < -0.39 is 0 Å². The lowest BCUT2D eigenvalue weighted by atomic mass is 10.1. The summed E-state index contributed by atoms with van der Waals surface area (Å²) in [4.78, 5) is 4.86. The first-order valence-corrected chi connectivity index (χ1v) is 11.4. The molecule has 0 amide bonds. The Morgan fingerprint density at radius 1 is 1.10 bits per heavy atom. The van der Waals surface area contributed by atoms with Crippen LogP contribution >= 0.6 is 23.2 Å². The SMILES string of the molecule is C/C(=C\C(C)C)NC1=NC(c2cc(Cl)cc(Cl)c2)Nc2ccccc21.CCCCC. The summed E-state index contributed by atoms with van der Waals surface area (Å²) in [6.45, 7) is 10.8. The molecule has 2 aromatic rings. The Morgan fingerprint density at radius 2 is 1.73 bits per heavy atom. The molecule has 1 unspecified atom stereocenters. The highest BCUT2D eigenvalue weighted by atomic mass is 35.5. The van der Waals surface area contributed by atoms with Gasteiger partial charge in [-0.05, 0) is 48.7 Å². The third kappa shape index (κ3) is 7.37. The van der Waals surface area contributed by atoms with Crippen molar-refractivity contribution in [3.63, 3.8) is 0 Å². The molecule has 5 heteroatoms. The van der Waals surface area contributed by atoms with E-state index >= 15 is 0 Å². The van der Waals surface area contributed by atoms with E-state index in [0.29, 0.717) is 16.0 Å². The molecule has 0 saturated carbocycles. The van der Waals surface area contributed by atoms with Gasteiger partial charge in [-0.1, -0.05) is 88.4 Å². The van der Waals surface area contributed by atoms with Gasteiger partial charge >= 0.3 is 0 Å². The van der Waals surface area contributed by atoms with E-state index in [1.165, 1.54) is 19.3 Å². The van der Waals surface area contributed by atoms with Crippen LogP contribution in [0.2, 0.25) is 10.0 Å². The summed E-state index contributed by atoms with van der Waals surface area (Å²) in [5.41, 5.74) is 4.08. The number of fused-ring (bicyclic) bond motifs is 1. The highest BCUT2D eigenvalue weighted by molar-refractivity contribution is 6.34. The molecule has 0 radical (unpaired) electrons. The molecule has 3 rings (SSSR count). The number of nitrogens with zero attached hydrogens (tertiary/aromatic N) is 1. The Kier molecular flexibility index (Phi) is 9.74. The summed E-state index contributed by atoms with van der Waals surface area (Å²) in [6.07, 6.45) is 6.01. The maximum Gasteiger partial charge on any atom is 0.147 e. The van der Waals surface area contributed by atoms with Crippen LogP contribution in [-0.2, 0) is 0 Å². The largest absolute Gasteiger partial charge is 0.359 e. The lowest BCUT2D eigenvalue weighted by Gasteiger charge is -2.27. The normalized spacial score (nSPS) is 15.5. The second kappa shape index (κ2) is 12.0. The maximum absolute atomic E-state index is 6.16. The van der Waals surface area contributed by atoms with Crippen molar-refractivity contribution in [2.75, 3.05) is 5.32 Å². The van der Waals surface area contributed by atoms with Gasteiger partial charge in [-0.25, -0.2) is 4.99 Å². The van der Waals surface area contributed by atoms with Crippen molar-refractivity contribution in [1.29, 1.82) is 0 Å². The summed E-state index contributed by atoms with van der Waals surface area (Å²) >= 11 is 12.3. The highest BCUT2D eigenvalue weighted by Crippen LogP contribution is 2.32. The van der Waals surface area contributed by atoms with Crippen molar-refractivity contribution in [3.05, 3.63) is 75.4 Å². The van der Waals surface area contributed by atoms with E-state index in [9.17, 15) is 0 Å². The molecule has 0 aromatic heterocycles.